The minimum Gasteiger partial charge on any atom is -0.482 e. The molecule has 1 heterocycles. The fourth-order valence-corrected chi connectivity index (χ4v) is 1.73. The predicted octanol–water partition coefficient (Wildman–Crippen LogP) is 1.93. The number of aliphatic hydroxyl groups excluding tert-OH is 1. The van der Waals surface area contributed by atoms with Crippen LogP contribution in [0.3, 0.4) is 0 Å². The topological polar surface area (TPSA) is 109 Å². The maximum atomic E-state index is 11.0. The molecular weight excluding hydrogens is 274 g/mol. The number of aromatic nitrogens is 1. The molecule has 2 rings (SSSR count). The minimum absolute atomic E-state index is 0.0214. The summed E-state index contributed by atoms with van der Waals surface area (Å²) >= 11 is 0. The highest BCUT2D eigenvalue weighted by Crippen LogP contribution is 2.29. The van der Waals surface area contributed by atoms with Gasteiger partial charge in [-0.05, 0) is 23.8 Å². The van der Waals surface area contributed by atoms with Crippen molar-refractivity contribution in [2.75, 3.05) is 0 Å². The second-order valence-corrected chi connectivity index (χ2v) is 4.13. The van der Waals surface area contributed by atoms with Gasteiger partial charge in [-0.1, -0.05) is 6.07 Å². The second-order valence-electron chi connectivity index (χ2n) is 4.13. The van der Waals surface area contributed by atoms with Crippen LogP contribution >= 0.6 is 0 Å². The van der Waals surface area contributed by atoms with Crippen LogP contribution in [0.4, 0.5) is 5.69 Å². The lowest BCUT2D eigenvalue weighted by atomic mass is 10.2. The largest absolute Gasteiger partial charge is 0.482 e. The van der Waals surface area contributed by atoms with Gasteiger partial charge in [-0.15, -0.1) is 0 Å². The third-order valence-corrected chi connectivity index (χ3v) is 2.78. The Morgan fingerprint density at radius 2 is 2.24 bits per heavy atom. The van der Waals surface area contributed by atoms with E-state index in [1.807, 2.05) is 6.07 Å². The van der Waals surface area contributed by atoms with Crippen molar-refractivity contribution in [1.29, 1.82) is 5.26 Å². The fourth-order valence-electron chi connectivity index (χ4n) is 1.73. The smallest absolute Gasteiger partial charge is 0.310 e. The number of nitrogens with zero attached hydrogens (tertiary/aromatic N) is 3. The van der Waals surface area contributed by atoms with Gasteiger partial charge in [0, 0.05) is 17.8 Å². The molecule has 7 nitrogen and oxygen atoms in total. The first-order chi connectivity index (χ1) is 10.2. The standard InChI is InChI=1S/C14H11N3O4/c15-7-12-11(2-1-5-16-12)9-21-14-6-10(8-18)3-4-13(14)17(19)20/h1-6,18H,8-9H2. The second kappa shape index (κ2) is 6.45. The number of hydrogen-bond acceptors (Lipinski definition) is 6. The normalized spacial score (nSPS) is 9.90. The zero-order valence-corrected chi connectivity index (χ0v) is 10.9. The van der Waals surface area contributed by atoms with Gasteiger partial charge in [0.15, 0.2) is 5.75 Å². The Morgan fingerprint density at radius 3 is 2.90 bits per heavy atom. The van der Waals surface area contributed by atoms with Crippen LogP contribution < -0.4 is 4.74 Å². The SMILES string of the molecule is N#Cc1ncccc1COc1cc(CO)ccc1[N+](=O)[O-]. The van der Waals surface area contributed by atoms with Gasteiger partial charge in [0.05, 0.1) is 11.5 Å². The molecule has 106 valence electrons. The average molecular weight is 285 g/mol. The lowest BCUT2D eigenvalue weighted by molar-refractivity contribution is -0.386. The average Bonchev–Trinajstić information content (AvgIpc) is 2.52. The van der Waals surface area contributed by atoms with E-state index in [0.717, 1.165) is 0 Å². The summed E-state index contributed by atoms with van der Waals surface area (Å²) in [5.74, 6) is 0.0410. The Hall–Kier alpha value is -2.98. The van der Waals surface area contributed by atoms with Crippen molar-refractivity contribution in [1.82, 2.24) is 4.98 Å². The Morgan fingerprint density at radius 1 is 1.43 bits per heavy atom. The van der Waals surface area contributed by atoms with Crippen LogP contribution in [0.5, 0.6) is 5.75 Å². The summed E-state index contributed by atoms with van der Waals surface area (Å²) in [5.41, 5.74) is 1.04. The van der Waals surface area contributed by atoms with E-state index in [1.54, 1.807) is 12.1 Å². The number of nitro groups is 1. The number of nitriles is 1. The first-order valence-corrected chi connectivity index (χ1v) is 6.00. The van der Waals surface area contributed by atoms with Crippen molar-refractivity contribution in [2.45, 2.75) is 13.2 Å². The van der Waals surface area contributed by atoms with Crippen LogP contribution in [0.25, 0.3) is 0 Å². The summed E-state index contributed by atoms with van der Waals surface area (Å²) in [4.78, 5) is 14.3. The van der Waals surface area contributed by atoms with E-state index in [9.17, 15) is 10.1 Å². The van der Waals surface area contributed by atoms with Gasteiger partial charge in [-0.2, -0.15) is 5.26 Å². The van der Waals surface area contributed by atoms with E-state index in [4.69, 9.17) is 15.1 Å². The molecule has 21 heavy (non-hydrogen) atoms. The third kappa shape index (κ3) is 3.32. The molecule has 0 radical (unpaired) electrons. The van der Waals surface area contributed by atoms with Gasteiger partial charge < -0.3 is 9.84 Å². The molecule has 0 bridgehead atoms. The number of hydrogen-bond donors (Lipinski definition) is 1. The third-order valence-electron chi connectivity index (χ3n) is 2.78. The van der Waals surface area contributed by atoms with Gasteiger partial charge in [-0.3, -0.25) is 10.1 Å². The van der Waals surface area contributed by atoms with E-state index in [-0.39, 0.29) is 30.3 Å². The quantitative estimate of drug-likeness (QED) is 0.664. The van der Waals surface area contributed by atoms with Gasteiger partial charge >= 0.3 is 5.69 Å². The van der Waals surface area contributed by atoms with Crippen molar-refractivity contribution >= 4 is 5.69 Å². The van der Waals surface area contributed by atoms with E-state index in [2.05, 4.69) is 4.98 Å². The van der Waals surface area contributed by atoms with E-state index in [0.29, 0.717) is 11.1 Å². The Kier molecular flexibility index (Phi) is 4.43. The lowest BCUT2D eigenvalue weighted by Crippen LogP contribution is -2.02. The van der Waals surface area contributed by atoms with Crippen LogP contribution in [-0.2, 0) is 13.2 Å². The fraction of sp³-hybridized carbons (Fsp3) is 0.143. The summed E-state index contributed by atoms with van der Waals surface area (Å²) in [6.45, 7) is -0.267. The van der Waals surface area contributed by atoms with Crippen LogP contribution in [0.1, 0.15) is 16.8 Å². The molecule has 0 atom stereocenters. The molecule has 2 aromatic rings. The summed E-state index contributed by atoms with van der Waals surface area (Å²) < 4.78 is 5.43. The molecule has 0 aliphatic heterocycles. The van der Waals surface area contributed by atoms with Gasteiger partial charge in [0.25, 0.3) is 0 Å². The number of nitro benzene ring substituents is 1. The highest BCUT2D eigenvalue weighted by molar-refractivity contribution is 5.48. The van der Waals surface area contributed by atoms with Crippen molar-refractivity contribution in [3.05, 3.63) is 63.5 Å². The number of rotatable bonds is 5. The molecule has 0 amide bonds. The maximum absolute atomic E-state index is 11.0. The molecule has 0 spiro atoms. The number of pyridine rings is 1. The molecule has 1 aromatic carbocycles. The maximum Gasteiger partial charge on any atom is 0.310 e. The van der Waals surface area contributed by atoms with E-state index < -0.39 is 4.92 Å². The molecule has 1 aromatic heterocycles. The monoisotopic (exact) mass is 285 g/mol. The molecule has 0 saturated heterocycles. The molecule has 7 heteroatoms. The molecule has 0 unspecified atom stereocenters. The number of benzene rings is 1. The summed E-state index contributed by atoms with van der Waals surface area (Å²) in [5, 5.41) is 29.0. The Labute approximate surface area is 120 Å². The van der Waals surface area contributed by atoms with Crippen LogP contribution in [-0.4, -0.2) is 15.0 Å². The van der Waals surface area contributed by atoms with Crippen molar-refractivity contribution in [3.8, 4) is 11.8 Å². The predicted molar refractivity (Wildman–Crippen MR) is 72.3 cm³/mol. The molecule has 0 fully saturated rings. The molecular formula is C14H11N3O4. The van der Waals surface area contributed by atoms with Gasteiger partial charge in [-0.25, -0.2) is 4.98 Å². The Bertz CT molecular complexity index is 710. The molecule has 0 saturated carbocycles. The number of ether oxygens (including phenoxy) is 1. The number of aliphatic hydroxyl groups is 1. The van der Waals surface area contributed by atoms with Crippen molar-refractivity contribution < 1.29 is 14.8 Å². The molecule has 1 N–H and O–H groups in total. The van der Waals surface area contributed by atoms with Crippen molar-refractivity contribution in [3.63, 3.8) is 0 Å². The van der Waals surface area contributed by atoms with E-state index in [1.165, 1.54) is 24.4 Å². The summed E-state index contributed by atoms with van der Waals surface area (Å²) in [6, 6.07) is 9.37. The van der Waals surface area contributed by atoms with Crippen LogP contribution in [0, 0.1) is 21.4 Å². The zero-order chi connectivity index (χ0) is 15.2. The van der Waals surface area contributed by atoms with Crippen molar-refractivity contribution in [2.24, 2.45) is 0 Å². The zero-order valence-electron chi connectivity index (χ0n) is 10.9. The highest BCUT2D eigenvalue weighted by Gasteiger charge is 2.16. The molecule has 0 aliphatic carbocycles. The first-order valence-electron chi connectivity index (χ1n) is 6.00. The summed E-state index contributed by atoms with van der Waals surface area (Å²) in [6.07, 6.45) is 1.48. The minimum atomic E-state index is -0.565. The van der Waals surface area contributed by atoms with E-state index >= 15 is 0 Å². The molecule has 0 aliphatic rings. The highest BCUT2D eigenvalue weighted by atomic mass is 16.6. The van der Waals surface area contributed by atoms with Gasteiger partial charge in [0.2, 0.25) is 0 Å². The van der Waals surface area contributed by atoms with Crippen LogP contribution in [0.15, 0.2) is 36.5 Å². The van der Waals surface area contributed by atoms with Gasteiger partial charge in [0.1, 0.15) is 18.4 Å². The lowest BCUT2D eigenvalue weighted by Gasteiger charge is -2.08. The summed E-state index contributed by atoms with van der Waals surface area (Å²) in [7, 11) is 0. The van der Waals surface area contributed by atoms with Crippen LogP contribution in [0.2, 0.25) is 0 Å². The first kappa shape index (κ1) is 14.4. The Balaban J connectivity index is 2.27.